The van der Waals surface area contributed by atoms with Crippen molar-refractivity contribution in [2.45, 2.75) is 83.3 Å². The van der Waals surface area contributed by atoms with Crippen LogP contribution in [-0.2, 0) is 19.1 Å². The Morgan fingerprint density at radius 3 is 2.35 bits per heavy atom. The lowest BCUT2D eigenvalue weighted by atomic mass is 9.44. The standard InChI is InChI=1S/C33H35F5O7S/c1-5-27(42)45-32(28(43)46-16-25(40)18-6-8-20(9-7-18)44-33(36,37)38)17(2)12-21-22-14-24(34)23-13-19(39)10-11-29(23,3)31(22,35)26(41)15-30(21,32)4/h6-11,13,17,21-22,24,26,41H,5,12,14-16H2,1-4H3/t17-,21+,22+,24+,26+,29+,30+,31+,32+/m1/s1. The highest BCUT2D eigenvalue weighted by Gasteiger charge is 2.78. The molecule has 5 rings (SSSR count). The number of alkyl halides is 5. The van der Waals surface area contributed by atoms with Gasteiger partial charge in [-0.1, -0.05) is 38.6 Å². The Balaban J connectivity index is 1.47. The molecular weight excluding hydrogens is 635 g/mol. The van der Waals surface area contributed by atoms with E-state index in [1.807, 2.05) is 0 Å². The topological polar surface area (TPSA) is 107 Å². The first-order valence-electron chi connectivity index (χ1n) is 15.1. The van der Waals surface area contributed by atoms with Crippen molar-refractivity contribution in [1.29, 1.82) is 0 Å². The molecule has 0 heterocycles. The monoisotopic (exact) mass is 670 g/mol. The van der Waals surface area contributed by atoms with Crippen LogP contribution in [0.5, 0.6) is 5.75 Å². The molecule has 1 aromatic rings. The van der Waals surface area contributed by atoms with Crippen molar-refractivity contribution < 1.29 is 55.7 Å². The third-order valence-electron chi connectivity index (χ3n) is 10.8. The summed E-state index contributed by atoms with van der Waals surface area (Å²) in [6, 6.07) is 4.19. The average molecular weight is 671 g/mol. The number of carbonyl (C=O) groups is 4. The first-order valence-corrected chi connectivity index (χ1v) is 16.1. The molecule has 250 valence electrons. The Bertz CT molecular complexity index is 1510. The van der Waals surface area contributed by atoms with Crippen molar-refractivity contribution in [3.8, 4) is 5.75 Å². The van der Waals surface area contributed by atoms with E-state index in [0.717, 1.165) is 30.3 Å². The zero-order valence-corrected chi connectivity index (χ0v) is 26.5. The first kappa shape index (κ1) is 34.3. The van der Waals surface area contributed by atoms with Gasteiger partial charge in [-0.15, -0.1) is 13.2 Å². The number of rotatable bonds is 7. The van der Waals surface area contributed by atoms with Gasteiger partial charge < -0.3 is 14.6 Å². The van der Waals surface area contributed by atoms with Gasteiger partial charge in [0.15, 0.2) is 22.8 Å². The number of thioether (sulfide) groups is 1. The van der Waals surface area contributed by atoms with E-state index in [-0.39, 0.29) is 36.8 Å². The third kappa shape index (κ3) is 5.12. The van der Waals surface area contributed by atoms with E-state index in [0.29, 0.717) is 11.8 Å². The number of aliphatic hydroxyl groups is 1. The van der Waals surface area contributed by atoms with Crippen LogP contribution in [0.3, 0.4) is 0 Å². The summed E-state index contributed by atoms with van der Waals surface area (Å²) < 4.78 is 80.8. The number of aliphatic hydroxyl groups excluding tert-OH is 1. The fourth-order valence-corrected chi connectivity index (χ4v) is 9.75. The normalized spacial score (nSPS) is 38.3. The average Bonchev–Trinajstić information content (AvgIpc) is 3.19. The van der Waals surface area contributed by atoms with Crippen LogP contribution >= 0.6 is 11.8 Å². The van der Waals surface area contributed by atoms with Gasteiger partial charge in [-0.2, -0.15) is 0 Å². The number of esters is 1. The molecule has 0 amide bonds. The van der Waals surface area contributed by atoms with E-state index < -0.39 is 92.6 Å². The molecule has 0 bridgehead atoms. The predicted octanol–water partition coefficient (Wildman–Crippen LogP) is 6.28. The van der Waals surface area contributed by atoms with Gasteiger partial charge in [-0.3, -0.25) is 19.2 Å². The van der Waals surface area contributed by atoms with Gasteiger partial charge in [-0.05, 0) is 74.1 Å². The van der Waals surface area contributed by atoms with Crippen LogP contribution in [0.25, 0.3) is 0 Å². The first-order chi connectivity index (χ1) is 21.3. The van der Waals surface area contributed by atoms with E-state index in [2.05, 4.69) is 4.74 Å². The molecule has 0 saturated heterocycles. The number of fused-ring (bicyclic) bond motifs is 5. The highest BCUT2D eigenvalue weighted by molar-refractivity contribution is 8.14. The third-order valence-corrected chi connectivity index (χ3v) is 11.8. The summed E-state index contributed by atoms with van der Waals surface area (Å²) in [7, 11) is 0. The maximum Gasteiger partial charge on any atom is 0.573 e. The molecule has 0 aromatic heterocycles. The molecule has 3 fully saturated rings. The molecule has 4 aliphatic rings. The molecule has 1 aromatic carbocycles. The van der Waals surface area contributed by atoms with Gasteiger partial charge in [0, 0.05) is 34.7 Å². The zero-order valence-electron chi connectivity index (χ0n) is 25.7. The van der Waals surface area contributed by atoms with E-state index >= 15 is 8.78 Å². The highest BCUT2D eigenvalue weighted by Crippen LogP contribution is 2.72. The summed E-state index contributed by atoms with van der Waals surface area (Å²) in [5.41, 5.74) is -7.35. The summed E-state index contributed by atoms with van der Waals surface area (Å²) >= 11 is 0.564. The maximum atomic E-state index is 17.6. The Labute approximate surface area is 267 Å². The van der Waals surface area contributed by atoms with Crippen LogP contribution in [-0.4, -0.2) is 63.4 Å². The van der Waals surface area contributed by atoms with Gasteiger partial charge in [0.05, 0.1) is 11.9 Å². The quantitative estimate of drug-likeness (QED) is 0.205. The molecular formula is C33H35F5O7S. The summed E-state index contributed by atoms with van der Waals surface area (Å²) in [4.78, 5) is 52.2. The molecule has 1 N–H and O–H groups in total. The lowest BCUT2D eigenvalue weighted by molar-refractivity contribution is -0.274. The van der Waals surface area contributed by atoms with Gasteiger partial charge in [0.1, 0.15) is 11.9 Å². The number of Topliss-reactive ketones (excluding diaryl/α,β-unsaturated/α-hetero) is 1. The molecule has 0 spiro atoms. The number of hydrogen-bond acceptors (Lipinski definition) is 8. The minimum atomic E-state index is -4.91. The van der Waals surface area contributed by atoms with Crippen LogP contribution in [0.4, 0.5) is 22.0 Å². The van der Waals surface area contributed by atoms with Crippen molar-refractivity contribution in [3.05, 3.63) is 53.6 Å². The van der Waals surface area contributed by atoms with Crippen molar-refractivity contribution in [3.63, 3.8) is 0 Å². The fraction of sp³-hybridized carbons (Fsp3) is 0.576. The number of halogens is 5. The Morgan fingerprint density at radius 2 is 1.74 bits per heavy atom. The number of ketones is 2. The van der Waals surface area contributed by atoms with Gasteiger partial charge in [0.25, 0.3) is 0 Å². The molecule has 13 heteroatoms. The van der Waals surface area contributed by atoms with Crippen LogP contribution in [0, 0.1) is 28.6 Å². The SMILES string of the molecule is CCC(=O)O[C@]1(C(=O)SCC(=O)c2ccc(OC(F)(F)F)cc2)[C@H](C)C[C@H]2[C@@H]3C[C@H](F)C4=CC(=O)C=C[C@]4(C)[C@@]3(F)[C@@H](O)C[C@@]21C. The number of allylic oxidation sites excluding steroid dienone is 4. The second-order valence-corrected chi connectivity index (χ2v) is 14.1. The summed E-state index contributed by atoms with van der Waals surface area (Å²) in [5.74, 6) is -5.33. The number of benzene rings is 1. The summed E-state index contributed by atoms with van der Waals surface area (Å²) in [6.07, 6.45) is -5.40. The molecule has 0 aliphatic heterocycles. The Morgan fingerprint density at radius 1 is 1.09 bits per heavy atom. The molecule has 7 nitrogen and oxygen atoms in total. The van der Waals surface area contributed by atoms with E-state index in [9.17, 15) is 37.5 Å². The van der Waals surface area contributed by atoms with Crippen LogP contribution < -0.4 is 4.74 Å². The summed E-state index contributed by atoms with van der Waals surface area (Å²) in [5, 5.41) is 11.0. The minimum absolute atomic E-state index is 0.0144. The van der Waals surface area contributed by atoms with Crippen molar-refractivity contribution in [2.75, 3.05) is 5.75 Å². The number of hydrogen-bond donors (Lipinski definition) is 1. The second-order valence-electron chi connectivity index (χ2n) is 13.1. The van der Waals surface area contributed by atoms with Gasteiger partial charge in [0.2, 0.25) is 5.12 Å². The number of carbonyl (C=O) groups excluding carboxylic acids is 4. The molecule has 9 atom stereocenters. The van der Waals surface area contributed by atoms with Gasteiger partial charge in [-0.25, -0.2) is 8.78 Å². The molecule has 46 heavy (non-hydrogen) atoms. The van der Waals surface area contributed by atoms with Crippen LogP contribution in [0.15, 0.2) is 48.1 Å². The zero-order chi connectivity index (χ0) is 34.0. The lowest BCUT2D eigenvalue weighted by Crippen LogP contribution is -2.70. The summed E-state index contributed by atoms with van der Waals surface area (Å²) in [6.45, 7) is 6.29. The Kier molecular flexibility index (Phi) is 8.62. The minimum Gasteiger partial charge on any atom is -0.449 e. The van der Waals surface area contributed by atoms with Crippen LogP contribution in [0.1, 0.15) is 63.7 Å². The lowest BCUT2D eigenvalue weighted by Gasteiger charge is -2.63. The Hall–Kier alpha value is -3.06. The molecule has 3 saturated carbocycles. The molecule has 4 aliphatic carbocycles. The maximum absolute atomic E-state index is 17.6. The fourth-order valence-electron chi connectivity index (χ4n) is 8.63. The van der Waals surface area contributed by atoms with Crippen LogP contribution in [0.2, 0.25) is 0 Å². The van der Waals surface area contributed by atoms with E-state index in [4.69, 9.17) is 4.74 Å². The van der Waals surface area contributed by atoms with E-state index in [1.165, 1.54) is 26.0 Å². The largest absolute Gasteiger partial charge is 0.573 e. The van der Waals surface area contributed by atoms with E-state index in [1.54, 1.807) is 13.8 Å². The van der Waals surface area contributed by atoms with Gasteiger partial charge >= 0.3 is 12.3 Å². The smallest absolute Gasteiger partial charge is 0.449 e. The highest BCUT2D eigenvalue weighted by atomic mass is 32.2. The second kappa shape index (κ2) is 11.6. The number of ether oxygens (including phenoxy) is 2. The molecule has 0 unspecified atom stereocenters. The van der Waals surface area contributed by atoms with Crippen molar-refractivity contribution in [2.24, 2.45) is 28.6 Å². The van der Waals surface area contributed by atoms with Crippen molar-refractivity contribution in [1.82, 2.24) is 0 Å². The predicted molar refractivity (Wildman–Crippen MR) is 157 cm³/mol. The molecule has 0 radical (unpaired) electrons. The van der Waals surface area contributed by atoms with Crippen molar-refractivity contribution >= 4 is 34.4 Å².